The zero-order valence-corrected chi connectivity index (χ0v) is 18.8. The van der Waals surface area contributed by atoms with Gasteiger partial charge >= 0.3 is 6.03 Å². The molecular weight excluding hydrogens is 404 g/mol. The Morgan fingerprint density at radius 2 is 1.84 bits per heavy atom. The number of aliphatic imine (C=N–C) groups is 1. The third kappa shape index (κ3) is 5.82. The Balaban J connectivity index is 1.30. The summed E-state index contributed by atoms with van der Waals surface area (Å²) in [7, 11) is 1.78. The van der Waals surface area contributed by atoms with E-state index in [9.17, 15) is 4.79 Å². The first kappa shape index (κ1) is 22.2. The largest absolute Gasteiger partial charge is 0.468 e. The summed E-state index contributed by atoms with van der Waals surface area (Å²) in [6, 6.07) is 12.1. The van der Waals surface area contributed by atoms with Crippen LogP contribution in [0.1, 0.15) is 43.0 Å². The molecule has 2 saturated heterocycles. The highest BCUT2D eigenvalue weighted by atomic mass is 16.3. The molecule has 0 bridgehead atoms. The molecule has 2 aliphatic rings. The van der Waals surface area contributed by atoms with Gasteiger partial charge in [-0.2, -0.15) is 0 Å². The number of rotatable bonds is 7. The number of carbonyl (C=O) groups excluding carboxylic acids is 1. The highest BCUT2D eigenvalue weighted by Gasteiger charge is 2.25. The van der Waals surface area contributed by atoms with Crippen molar-refractivity contribution in [2.24, 2.45) is 4.99 Å². The molecule has 1 unspecified atom stereocenters. The van der Waals surface area contributed by atoms with Gasteiger partial charge in [0.1, 0.15) is 5.76 Å². The molecule has 2 amide bonds. The number of carbonyl (C=O) groups is 1. The molecule has 2 fully saturated rings. The number of hydrogen-bond donors (Lipinski definition) is 3. The normalized spacial score (nSPS) is 18.0. The quantitative estimate of drug-likeness (QED) is 0.456. The van der Waals surface area contributed by atoms with E-state index in [1.54, 1.807) is 13.3 Å². The number of furan rings is 1. The fourth-order valence-corrected chi connectivity index (χ4v) is 4.43. The number of amides is 2. The van der Waals surface area contributed by atoms with E-state index in [4.69, 9.17) is 4.42 Å². The van der Waals surface area contributed by atoms with Crippen molar-refractivity contribution in [2.45, 2.75) is 38.3 Å². The Bertz CT molecular complexity index is 886. The van der Waals surface area contributed by atoms with Gasteiger partial charge < -0.3 is 25.3 Å². The third-order valence-corrected chi connectivity index (χ3v) is 6.17. The molecule has 4 rings (SSSR count). The maximum Gasteiger partial charge on any atom is 0.321 e. The average Bonchev–Trinajstić information content (AvgIpc) is 3.59. The SMILES string of the molecule is CN=C(NCc1cccc(NC(=O)N2CCCC2)c1)NCC(c1ccco1)N1CCCC1. The molecule has 172 valence electrons. The van der Waals surface area contributed by atoms with Crippen molar-refractivity contribution in [3.05, 3.63) is 54.0 Å². The van der Waals surface area contributed by atoms with E-state index in [2.05, 4.69) is 25.8 Å². The number of nitrogens with zero attached hydrogens (tertiary/aromatic N) is 3. The molecule has 1 aromatic heterocycles. The molecule has 0 saturated carbocycles. The van der Waals surface area contributed by atoms with Crippen LogP contribution in [0, 0.1) is 0 Å². The summed E-state index contributed by atoms with van der Waals surface area (Å²) in [4.78, 5) is 21.1. The molecule has 32 heavy (non-hydrogen) atoms. The zero-order chi connectivity index (χ0) is 22.2. The van der Waals surface area contributed by atoms with Crippen LogP contribution in [0.3, 0.4) is 0 Å². The monoisotopic (exact) mass is 438 g/mol. The summed E-state index contributed by atoms with van der Waals surface area (Å²) in [6.45, 7) is 5.20. The molecule has 0 spiro atoms. The lowest BCUT2D eigenvalue weighted by Gasteiger charge is -2.26. The second-order valence-corrected chi connectivity index (χ2v) is 8.41. The van der Waals surface area contributed by atoms with E-state index in [0.29, 0.717) is 6.54 Å². The van der Waals surface area contributed by atoms with Gasteiger partial charge in [0.05, 0.1) is 12.3 Å². The Hall–Kier alpha value is -3.00. The lowest BCUT2D eigenvalue weighted by Crippen LogP contribution is -2.42. The summed E-state index contributed by atoms with van der Waals surface area (Å²) in [5.74, 6) is 1.73. The summed E-state index contributed by atoms with van der Waals surface area (Å²) in [6.07, 6.45) is 6.37. The van der Waals surface area contributed by atoms with E-state index in [1.165, 1.54) is 12.8 Å². The Morgan fingerprint density at radius 1 is 1.06 bits per heavy atom. The van der Waals surface area contributed by atoms with Crippen molar-refractivity contribution in [1.82, 2.24) is 20.4 Å². The maximum absolute atomic E-state index is 12.4. The van der Waals surface area contributed by atoms with Gasteiger partial charge in [-0.25, -0.2) is 4.79 Å². The second kappa shape index (κ2) is 11.0. The number of likely N-dealkylation sites (tertiary alicyclic amines) is 2. The third-order valence-electron chi connectivity index (χ3n) is 6.17. The average molecular weight is 439 g/mol. The number of guanidine groups is 1. The molecular formula is C24H34N6O2. The fourth-order valence-electron chi connectivity index (χ4n) is 4.43. The molecule has 8 heteroatoms. The minimum Gasteiger partial charge on any atom is -0.468 e. The minimum atomic E-state index is -0.0176. The number of anilines is 1. The van der Waals surface area contributed by atoms with Crippen LogP contribution in [0.15, 0.2) is 52.1 Å². The van der Waals surface area contributed by atoms with Gasteiger partial charge in [-0.15, -0.1) is 0 Å². The van der Waals surface area contributed by atoms with E-state index in [-0.39, 0.29) is 12.1 Å². The standard InChI is InChI=1S/C24H34N6O2/c1-25-23(27-18-21(22-10-7-15-32-22)29-11-2-3-12-29)26-17-19-8-6-9-20(16-19)28-24(31)30-13-4-5-14-30/h6-10,15-16,21H,2-5,11-14,17-18H2,1H3,(H,28,31)(H2,25,26,27). The summed E-state index contributed by atoms with van der Waals surface area (Å²) in [5, 5.41) is 9.84. The first-order valence-electron chi connectivity index (χ1n) is 11.6. The van der Waals surface area contributed by atoms with Gasteiger partial charge in [0, 0.05) is 38.9 Å². The topological polar surface area (TPSA) is 85.1 Å². The minimum absolute atomic E-state index is 0.0176. The molecule has 1 atom stereocenters. The van der Waals surface area contributed by atoms with Crippen molar-refractivity contribution >= 4 is 17.7 Å². The van der Waals surface area contributed by atoms with Crippen molar-refractivity contribution in [1.29, 1.82) is 0 Å². The molecule has 2 aliphatic heterocycles. The van der Waals surface area contributed by atoms with Crippen LogP contribution in [-0.2, 0) is 6.54 Å². The summed E-state index contributed by atoms with van der Waals surface area (Å²) < 4.78 is 5.71. The molecule has 3 heterocycles. The Kier molecular flexibility index (Phi) is 7.66. The molecule has 0 aliphatic carbocycles. The van der Waals surface area contributed by atoms with E-state index in [1.807, 2.05) is 41.3 Å². The molecule has 8 nitrogen and oxygen atoms in total. The summed E-state index contributed by atoms with van der Waals surface area (Å²) >= 11 is 0. The van der Waals surface area contributed by atoms with Crippen LogP contribution in [-0.4, -0.2) is 61.6 Å². The van der Waals surface area contributed by atoms with Crippen LogP contribution in [0.2, 0.25) is 0 Å². The highest BCUT2D eigenvalue weighted by molar-refractivity contribution is 5.89. The predicted molar refractivity (Wildman–Crippen MR) is 127 cm³/mol. The lowest BCUT2D eigenvalue weighted by molar-refractivity contribution is 0.215. The predicted octanol–water partition coefficient (Wildman–Crippen LogP) is 3.41. The lowest BCUT2D eigenvalue weighted by atomic mass is 10.2. The van der Waals surface area contributed by atoms with Gasteiger partial charge in [0.25, 0.3) is 0 Å². The zero-order valence-electron chi connectivity index (χ0n) is 18.8. The molecule has 1 aromatic carbocycles. The Morgan fingerprint density at radius 3 is 2.56 bits per heavy atom. The Labute approximate surface area is 190 Å². The van der Waals surface area contributed by atoms with Crippen LogP contribution in [0.5, 0.6) is 0 Å². The van der Waals surface area contributed by atoms with E-state index < -0.39 is 0 Å². The van der Waals surface area contributed by atoms with Crippen LogP contribution in [0.4, 0.5) is 10.5 Å². The van der Waals surface area contributed by atoms with Gasteiger partial charge in [0.2, 0.25) is 0 Å². The molecule has 2 aromatic rings. The number of benzene rings is 1. The number of urea groups is 1. The molecule has 0 radical (unpaired) electrons. The van der Waals surface area contributed by atoms with Crippen LogP contribution < -0.4 is 16.0 Å². The fraction of sp³-hybridized carbons (Fsp3) is 0.500. The van der Waals surface area contributed by atoms with Gasteiger partial charge in [-0.05, 0) is 68.6 Å². The van der Waals surface area contributed by atoms with Gasteiger partial charge in [-0.1, -0.05) is 12.1 Å². The van der Waals surface area contributed by atoms with Crippen LogP contribution in [0.25, 0.3) is 0 Å². The van der Waals surface area contributed by atoms with Crippen molar-refractivity contribution in [2.75, 3.05) is 45.1 Å². The van der Waals surface area contributed by atoms with Gasteiger partial charge in [-0.3, -0.25) is 9.89 Å². The number of nitrogens with one attached hydrogen (secondary N) is 3. The summed E-state index contributed by atoms with van der Waals surface area (Å²) in [5.41, 5.74) is 1.89. The highest BCUT2D eigenvalue weighted by Crippen LogP contribution is 2.24. The van der Waals surface area contributed by atoms with Crippen molar-refractivity contribution in [3.8, 4) is 0 Å². The number of hydrogen-bond acceptors (Lipinski definition) is 4. The first-order chi connectivity index (χ1) is 15.7. The second-order valence-electron chi connectivity index (χ2n) is 8.41. The van der Waals surface area contributed by atoms with E-state index in [0.717, 1.165) is 68.5 Å². The van der Waals surface area contributed by atoms with Crippen molar-refractivity contribution < 1.29 is 9.21 Å². The van der Waals surface area contributed by atoms with Crippen LogP contribution >= 0.6 is 0 Å². The van der Waals surface area contributed by atoms with E-state index >= 15 is 0 Å². The smallest absolute Gasteiger partial charge is 0.321 e. The van der Waals surface area contributed by atoms with Crippen molar-refractivity contribution in [3.63, 3.8) is 0 Å². The maximum atomic E-state index is 12.4. The first-order valence-corrected chi connectivity index (χ1v) is 11.6. The molecule has 3 N–H and O–H groups in total. The van der Waals surface area contributed by atoms with Gasteiger partial charge in [0.15, 0.2) is 5.96 Å².